The molecule has 0 aliphatic rings. The first-order chi connectivity index (χ1) is 9.62. The van der Waals surface area contributed by atoms with Gasteiger partial charge in [0, 0.05) is 0 Å². The van der Waals surface area contributed by atoms with Crippen molar-refractivity contribution in [2.24, 2.45) is 0 Å². The lowest BCUT2D eigenvalue weighted by Gasteiger charge is -2.07. The topological polar surface area (TPSA) is 76.0 Å². The maximum Gasteiger partial charge on any atom is 0.499 e. The first-order valence-electron chi connectivity index (χ1n) is 7.93. The van der Waals surface area contributed by atoms with Gasteiger partial charge in [0.2, 0.25) is 0 Å². The van der Waals surface area contributed by atoms with Crippen LogP contribution < -0.4 is 0 Å². The predicted octanol–water partition coefficient (Wildman–Crippen LogP) is 5.29. The van der Waals surface area contributed by atoms with E-state index in [4.69, 9.17) is 10.2 Å². The number of phosphoric ester groups is 1. The maximum atomic E-state index is 10.7. The van der Waals surface area contributed by atoms with E-state index in [9.17, 15) is 4.57 Å². The van der Waals surface area contributed by atoms with Gasteiger partial charge >= 0.3 is 7.82 Å². The second-order valence-electron chi connectivity index (χ2n) is 5.27. The number of phosphoric acid groups is 1. The van der Waals surface area contributed by atoms with Crippen LogP contribution in [0.25, 0.3) is 0 Å². The second-order valence-corrected chi connectivity index (χ2v) is 6.63. The van der Waals surface area contributed by atoms with E-state index < -0.39 is 7.82 Å². The monoisotopic (exact) mass is 310 g/mol. The molecule has 0 aromatic heterocycles. The SMILES string of the molecule is CCCCCCCCCCCCCCOP(=O)(O)OO. The summed E-state index contributed by atoms with van der Waals surface area (Å²) in [6, 6.07) is 0. The van der Waals surface area contributed by atoms with Gasteiger partial charge in [-0.15, -0.1) is 4.67 Å². The summed E-state index contributed by atoms with van der Waals surface area (Å²) in [7, 11) is -4.20. The average Bonchev–Trinajstić information content (AvgIpc) is 2.44. The van der Waals surface area contributed by atoms with Crippen molar-refractivity contribution < 1.29 is 23.9 Å². The summed E-state index contributed by atoms with van der Waals surface area (Å²) in [6.45, 7) is 2.38. The Kier molecular flexibility index (Phi) is 14.1. The van der Waals surface area contributed by atoms with E-state index in [0.29, 0.717) is 6.42 Å². The minimum absolute atomic E-state index is 0.145. The highest BCUT2D eigenvalue weighted by molar-refractivity contribution is 7.47. The van der Waals surface area contributed by atoms with Gasteiger partial charge in [0.1, 0.15) is 0 Å². The highest BCUT2D eigenvalue weighted by Gasteiger charge is 2.19. The van der Waals surface area contributed by atoms with Gasteiger partial charge in [0.15, 0.2) is 0 Å². The summed E-state index contributed by atoms with van der Waals surface area (Å²) >= 11 is 0. The van der Waals surface area contributed by atoms with E-state index in [-0.39, 0.29) is 6.61 Å². The molecule has 6 heteroatoms. The Balaban J connectivity index is 3.08. The molecule has 122 valence electrons. The zero-order chi connectivity index (χ0) is 15.1. The predicted molar refractivity (Wildman–Crippen MR) is 80.6 cm³/mol. The fourth-order valence-corrected chi connectivity index (χ4v) is 2.55. The smallest absolute Gasteiger partial charge is 0.301 e. The standard InChI is InChI=1S/C14H31O5P/c1-2-3-4-5-6-7-8-9-10-11-12-13-14-18-20(16,17)19-15/h15H,2-14H2,1H3,(H,16,17). The minimum atomic E-state index is -4.20. The number of hydrogen-bond acceptors (Lipinski definition) is 4. The van der Waals surface area contributed by atoms with Gasteiger partial charge in [-0.2, -0.15) is 0 Å². The highest BCUT2D eigenvalue weighted by atomic mass is 31.2. The van der Waals surface area contributed by atoms with Crippen molar-refractivity contribution in [3.05, 3.63) is 0 Å². The molecule has 0 aliphatic carbocycles. The summed E-state index contributed by atoms with van der Waals surface area (Å²) in [5, 5.41) is 8.05. The molecule has 1 unspecified atom stereocenters. The quantitative estimate of drug-likeness (QED) is 0.186. The molecule has 0 saturated carbocycles. The van der Waals surface area contributed by atoms with Crippen molar-refractivity contribution in [3.8, 4) is 0 Å². The molecule has 0 heterocycles. The summed E-state index contributed by atoms with van der Waals surface area (Å²) in [4.78, 5) is 8.76. The fourth-order valence-electron chi connectivity index (χ4n) is 2.15. The van der Waals surface area contributed by atoms with E-state index in [1.165, 1.54) is 57.8 Å². The third-order valence-electron chi connectivity index (χ3n) is 3.36. The fraction of sp³-hybridized carbons (Fsp3) is 1.00. The molecule has 0 fully saturated rings. The van der Waals surface area contributed by atoms with Crippen molar-refractivity contribution in [1.82, 2.24) is 0 Å². The van der Waals surface area contributed by atoms with Crippen molar-refractivity contribution in [1.29, 1.82) is 0 Å². The molecule has 0 aliphatic heterocycles. The molecule has 0 aromatic rings. The van der Waals surface area contributed by atoms with E-state index in [2.05, 4.69) is 16.1 Å². The summed E-state index contributed by atoms with van der Waals surface area (Å²) in [6.07, 6.45) is 14.7. The second kappa shape index (κ2) is 14.0. The average molecular weight is 310 g/mol. The van der Waals surface area contributed by atoms with Crippen LogP contribution in [0.3, 0.4) is 0 Å². The zero-order valence-corrected chi connectivity index (χ0v) is 13.7. The Morgan fingerprint density at radius 2 is 1.20 bits per heavy atom. The Bertz CT molecular complexity index is 248. The molecule has 2 N–H and O–H groups in total. The Labute approximate surface area is 123 Å². The Morgan fingerprint density at radius 3 is 1.60 bits per heavy atom. The largest absolute Gasteiger partial charge is 0.499 e. The lowest BCUT2D eigenvalue weighted by atomic mass is 10.1. The van der Waals surface area contributed by atoms with Crippen LogP contribution in [0.2, 0.25) is 0 Å². The number of hydrogen-bond donors (Lipinski definition) is 2. The van der Waals surface area contributed by atoms with Crippen LogP contribution in [-0.4, -0.2) is 16.8 Å². The molecule has 0 aromatic carbocycles. The van der Waals surface area contributed by atoms with E-state index in [0.717, 1.165) is 12.8 Å². The lowest BCUT2D eigenvalue weighted by Crippen LogP contribution is -1.94. The molecule has 0 spiro atoms. The van der Waals surface area contributed by atoms with Gasteiger partial charge in [0.05, 0.1) is 6.61 Å². The van der Waals surface area contributed by atoms with Crippen LogP contribution in [0, 0.1) is 0 Å². The molecule has 20 heavy (non-hydrogen) atoms. The molecule has 5 nitrogen and oxygen atoms in total. The van der Waals surface area contributed by atoms with Gasteiger partial charge in [-0.25, -0.2) is 9.82 Å². The van der Waals surface area contributed by atoms with E-state index >= 15 is 0 Å². The zero-order valence-electron chi connectivity index (χ0n) is 12.8. The third-order valence-corrected chi connectivity index (χ3v) is 4.07. The van der Waals surface area contributed by atoms with Crippen LogP contribution in [-0.2, 0) is 13.8 Å². The minimum Gasteiger partial charge on any atom is -0.301 e. The Hall–Kier alpha value is 0.0700. The molecule has 1 atom stereocenters. The first-order valence-corrected chi connectivity index (χ1v) is 9.42. The van der Waals surface area contributed by atoms with Crippen LogP contribution in [0.5, 0.6) is 0 Å². The van der Waals surface area contributed by atoms with Gasteiger partial charge in [-0.1, -0.05) is 77.6 Å². The molecule has 0 amide bonds. The van der Waals surface area contributed by atoms with Crippen molar-refractivity contribution >= 4 is 7.82 Å². The van der Waals surface area contributed by atoms with E-state index in [1.807, 2.05) is 0 Å². The summed E-state index contributed by atoms with van der Waals surface area (Å²) in [5.74, 6) is 0. The van der Waals surface area contributed by atoms with Crippen molar-refractivity contribution in [3.63, 3.8) is 0 Å². The third kappa shape index (κ3) is 14.5. The van der Waals surface area contributed by atoms with Crippen LogP contribution in [0.1, 0.15) is 84.0 Å². The molecule has 0 rings (SSSR count). The van der Waals surface area contributed by atoms with Crippen molar-refractivity contribution in [2.75, 3.05) is 6.61 Å². The number of rotatable bonds is 15. The summed E-state index contributed by atoms with van der Waals surface area (Å²) in [5.41, 5.74) is 0. The molecule has 0 bridgehead atoms. The van der Waals surface area contributed by atoms with Gasteiger partial charge in [0.25, 0.3) is 0 Å². The normalized spacial score (nSPS) is 14.3. The highest BCUT2D eigenvalue weighted by Crippen LogP contribution is 2.41. The molecular weight excluding hydrogens is 279 g/mol. The van der Waals surface area contributed by atoms with Crippen LogP contribution >= 0.6 is 7.82 Å². The summed E-state index contributed by atoms with van der Waals surface area (Å²) < 4.78 is 18.6. The van der Waals surface area contributed by atoms with Gasteiger partial charge < -0.3 is 4.89 Å². The first kappa shape index (κ1) is 20.1. The Morgan fingerprint density at radius 1 is 0.800 bits per heavy atom. The van der Waals surface area contributed by atoms with Gasteiger partial charge in [-0.3, -0.25) is 4.52 Å². The lowest BCUT2D eigenvalue weighted by molar-refractivity contribution is -0.162. The van der Waals surface area contributed by atoms with Crippen LogP contribution in [0.4, 0.5) is 0 Å². The molecule has 0 saturated heterocycles. The van der Waals surface area contributed by atoms with Gasteiger partial charge in [-0.05, 0) is 6.42 Å². The molecule has 0 radical (unpaired) electrons. The van der Waals surface area contributed by atoms with E-state index in [1.54, 1.807) is 0 Å². The van der Waals surface area contributed by atoms with Crippen molar-refractivity contribution in [2.45, 2.75) is 84.0 Å². The maximum absolute atomic E-state index is 10.7. The van der Waals surface area contributed by atoms with Crippen LogP contribution in [0.15, 0.2) is 0 Å². The molecular formula is C14H31O5P. The number of unbranched alkanes of at least 4 members (excludes halogenated alkanes) is 11.